The lowest BCUT2D eigenvalue weighted by Gasteiger charge is -2.34. The molecule has 624 valence electrons. The number of imidazole rings is 1. The molecular weight excluding hydrogens is 1610 g/mol. The van der Waals surface area contributed by atoms with Crippen molar-refractivity contribution in [3.8, 4) is 68.2 Å². The predicted molar refractivity (Wildman–Crippen MR) is 489 cm³/mol. The van der Waals surface area contributed by atoms with Gasteiger partial charge in [-0.15, -0.1) is 0 Å². The highest BCUT2D eigenvalue weighted by Gasteiger charge is 2.46. The number of fused-ring (bicyclic) bond motifs is 3. The summed E-state index contributed by atoms with van der Waals surface area (Å²) in [6, 6.07) is 111. The van der Waals surface area contributed by atoms with Gasteiger partial charge in [-0.1, -0.05) is 251 Å². The van der Waals surface area contributed by atoms with E-state index in [4.69, 9.17) is 18.9 Å². The van der Waals surface area contributed by atoms with E-state index in [1.807, 2.05) is 166 Å². The van der Waals surface area contributed by atoms with Crippen LogP contribution in [-0.4, -0.2) is 65.7 Å². The topological polar surface area (TPSA) is 232 Å². The molecule has 0 saturated heterocycles. The fourth-order valence-electron chi connectivity index (χ4n) is 16.2. The number of methoxy groups -OCH3 is 1. The van der Waals surface area contributed by atoms with Gasteiger partial charge in [-0.2, -0.15) is 16.8 Å². The number of nitrogens with zero attached hydrogens (tertiary/aromatic N) is 2. The van der Waals surface area contributed by atoms with E-state index in [-0.39, 0.29) is 45.0 Å². The second kappa shape index (κ2) is 34.8. The Morgan fingerprint density at radius 2 is 0.698 bits per heavy atom. The molecule has 18 heteroatoms. The lowest BCUT2D eigenvalue weighted by atomic mass is 9.68. The van der Waals surface area contributed by atoms with E-state index in [1.165, 1.54) is 51.1 Å². The molecule has 0 fully saturated rings. The number of hydrogen-bond acceptors (Lipinski definition) is 13. The molecule has 15 aromatic carbocycles. The molecule has 1 heterocycles. The van der Waals surface area contributed by atoms with Gasteiger partial charge in [0.1, 0.15) is 51.5 Å². The van der Waals surface area contributed by atoms with E-state index in [9.17, 15) is 45.1 Å². The minimum Gasteiger partial charge on any atom is -0.497 e. The maximum absolute atomic E-state index is 14.1. The molecule has 0 saturated carbocycles. The Balaban J connectivity index is 0.000000189. The van der Waals surface area contributed by atoms with Crippen molar-refractivity contribution in [3.63, 3.8) is 0 Å². The maximum atomic E-state index is 14.1. The van der Waals surface area contributed by atoms with E-state index in [1.54, 1.807) is 74.7 Å². The van der Waals surface area contributed by atoms with Gasteiger partial charge in [0.25, 0.3) is 10.1 Å². The van der Waals surface area contributed by atoms with E-state index in [2.05, 4.69) is 154 Å². The van der Waals surface area contributed by atoms with Crippen LogP contribution < -0.4 is 18.9 Å². The molecule has 0 atom stereocenters. The molecule has 2 N–H and O–H groups in total. The first-order valence-corrected chi connectivity index (χ1v) is 43.7. The SMILES string of the molecule is COc1ccc(C(C)(C)c2cccc(C(C)(C)c3ccc(Oc4ccc(C(=O)c5ccc(-c6ccc(C)cc6C(=O)c6ccc(-n7cnc(S(=O)(=O)O)c7)c(S(=O)(=O)O)c6)cc5)cc4)cc3)c2)cc1.Cc1ccc(C(=O)c2ccc(Oc3ccc(C4(c5ccc(Oc6ccc(C(=O)c7ccc(C)cc7)cc6)cc5)c5ccccc5-c5ccccc54)cc3)cc2)cc1. The standard InChI is InChI=1S/C55H48N2O10S2.C53H38O4/c1-35-10-28-47(48(30-35)53(59)39-17-29-49(50(31-39)68(60,61)62)57-33-51(56-34-57)69(63,64)65)36-11-13-37(14-12-36)52(58)38-15-22-45(23-16-38)67-46-26-20-41(21-27-46)55(4,5)43-9-7-8-42(32-43)54(2,3)40-18-24-44(66-6)25-19-40;1-35-11-15-37(16-12-35)51(54)39-19-27-43(28-20-39)56-45-31-23-41(24-32-45)53(49-9-5-3-7-47(49)48-8-4-6-10-50(48)53)42-25-33-46(34-26-42)57-44-29-21-40(22-30-44)52(55)38-17-13-36(2)14-18-38/h7-34H,1-6H3,(H,60,61,62)(H,63,64,65);3-34H,1-2H3. The van der Waals surface area contributed by atoms with Crippen molar-refractivity contribution in [1.29, 1.82) is 0 Å². The Morgan fingerprint density at radius 3 is 1.09 bits per heavy atom. The van der Waals surface area contributed by atoms with Crippen LogP contribution in [0, 0.1) is 20.8 Å². The molecule has 0 spiro atoms. The van der Waals surface area contributed by atoms with Crippen LogP contribution in [0.2, 0.25) is 0 Å². The van der Waals surface area contributed by atoms with Gasteiger partial charge in [0.2, 0.25) is 5.03 Å². The zero-order valence-electron chi connectivity index (χ0n) is 70.1. The van der Waals surface area contributed by atoms with Gasteiger partial charge in [0, 0.05) is 55.3 Å². The normalized spacial score (nSPS) is 12.2. The second-order valence-corrected chi connectivity index (χ2v) is 35.0. The van der Waals surface area contributed by atoms with Crippen LogP contribution in [0.25, 0.3) is 27.9 Å². The van der Waals surface area contributed by atoms with Crippen LogP contribution in [0.3, 0.4) is 0 Å². The molecule has 0 aliphatic heterocycles. The Morgan fingerprint density at radius 1 is 0.341 bits per heavy atom. The summed E-state index contributed by atoms with van der Waals surface area (Å²) in [6.07, 6.45) is 1.81. The Hall–Kier alpha value is -14.8. The molecule has 16 aromatic rings. The predicted octanol–water partition coefficient (Wildman–Crippen LogP) is 24.0. The fraction of sp³-hybridized carbons (Fsp3) is 0.102. The quantitative estimate of drug-likeness (QED) is 0.0400. The third-order valence-electron chi connectivity index (χ3n) is 23.4. The summed E-state index contributed by atoms with van der Waals surface area (Å²) in [4.78, 5) is 56.7. The van der Waals surface area contributed by atoms with E-state index >= 15 is 0 Å². The largest absolute Gasteiger partial charge is 0.497 e. The summed E-state index contributed by atoms with van der Waals surface area (Å²) in [5, 5.41) is -0.743. The first-order valence-electron chi connectivity index (χ1n) is 40.8. The van der Waals surface area contributed by atoms with Crippen LogP contribution in [0.15, 0.2) is 374 Å². The fourth-order valence-corrected chi connectivity index (χ4v) is 17.3. The Bertz CT molecular complexity index is 6860. The summed E-state index contributed by atoms with van der Waals surface area (Å²) in [6.45, 7) is 14.7. The molecule has 1 aliphatic rings. The van der Waals surface area contributed by atoms with Gasteiger partial charge in [-0.3, -0.25) is 28.3 Å². The van der Waals surface area contributed by atoms with Gasteiger partial charge >= 0.3 is 10.1 Å². The molecule has 0 radical (unpaired) electrons. The van der Waals surface area contributed by atoms with Crippen molar-refractivity contribution in [3.05, 3.63) is 470 Å². The van der Waals surface area contributed by atoms with Gasteiger partial charge in [-0.05, 0) is 233 Å². The molecule has 0 bridgehead atoms. The van der Waals surface area contributed by atoms with Gasteiger partial charge in [0.15, 0.2) is 23.1 Å². The number of carbonyl (C=O) groups is 4. The summed E-state index contributed by atoms with van der Waals surface area (Å²) >= 11 is 0. The second-order valence-electron chi connectivity index (χ2n) is 32.3. The highest BCUT2D eigenvalue weighted by molar-refractivity contribution is 7.86. The highest BCUT2D eigenvalue weighted by atomic mass is 32.2. The number of carbonyl (C=O) groups excluding carboxylic acids is 4. The molecular formula is C108H86N2O14S2. The molecule has 126 heavy (non-hydrogen) atoms. The molecule has 17 rings (SSSR count). The third-order valence-corrected chi connectivity index (χ3v) is 25.0. The van der Waals surface area contributed by atoms with Gasteiger partial charge < -0.3 is 23.5 Å². The lowest BCUT2D eigenvalue weighted by molar-refractivity contribution is 0.103. The number of hydrogen-bond donors (Lipinski definition) is 2. The molecule has 1 aliphatic carbocycles. The van der Waals surface area contributed by atoms with Crippen molar-refractivity contribution in [2.24, 2.45) is 0 Å². The minimum absolute atomic E-state index is 0.0196. The average molecular weight is 1700 g/mol. The summed E-state index contributed by atoms with van der Waals surface area (Å²) in [5.74, 6) is 3.89. The number of ether oxygens (including phenoxy) is 4. The molecule has 0 amide bonds. The first kappa shape index (κ1) is 84.8. The zero-order chi connectivity index (χ0) is 88.4. The molecule has 0 unspecified atom stereocenters. The first-order chi connectivity index (χ1) is 60.5. The molecule has 1 aromatic heterocycles. The maximum Gasteiger partial charge on any atom is 0.313 e. The van der Waals surface area contributed by atoms with Crippen LogP contribution in [0.5, 0.6) is 40.2 Å². The monoisotopic (exact) mass is 1700 g/mol. The number of benzene rings is 15. The minimum atomic E-state index is -4.95. The summed E-state index contributed by atoms with van der Waals surface area (Å²) < 4.78 is 92.8. The van der Waals surface area contributed by atoms with Crippen LogP contribution in [0.4, 0.5) is 0 Å². The van der Waals surface area contributed by atoms with Crippen molar-refractivity contribution in [1.82, 2.24) is 9.55 Å². The number of ketones is 4. The van der Waals surface area contributed by atoms with E-state index in [0.29, 0.717) is 79.0 Å². The van der Waals surface area contributed by atoms with Crippen molar-refractivity contribution < 1.29 is 64.1 Å². The highest BCUT2D eigenvalue weighted by Crippen LogP contribution is 2.57. The van der Waals surface area contributed by atoms with Crippen molar-refractivity contribution in [2.75, 3.05) is 7.11 Å². The Kier molecular flexibility index (Phi) is 23.5. The average Bonchev–Trinajstić information content (AvgIpc) is 1.55. The van der Waals surface area contributed by atoms with Crippen LogP contribution in [-0.2, 0) is 36.5 Å². The molecule has 16 nitrogen and oxygen atoms in total. The van der Waals surface area contributed by atoms with Crippen molar-refractivity contribution in [2.45, 2.75) is 74.6 Å². The van der Waals surface area contributed by atoms with Crippen molar-refractivity contribution >= 4 is 43.4 Å². The van der Waals surface area contributed by atoms with Gasteiger partial charge in [-0.25, -0.2) is 4.98 Å². The number of rotatable bonds is 25. The summed E-state index contributed by atoms with van der Waals surface area (Å²) in [7, 11) is -7.99. The van der Waals surface area contributed by atoms with Crippen LogP contribution >= 0.6 is 0 Å². The van der Waals surface area contributed by atoms with Gasteiger partial charge in [0.05, 0.1) is 24.4 Å². The smallest absolute Gasteiger partial charge is 0.313 e. The number of aromatic nitrogens is 2. The van der Waals surface area contributed by atoms with Crippen LogP contribution in [0.1, 0.15) is 153 Å². The zero-order valence-corrected chi connectivity index (χ0v) is 71.8. The van der Waals surface area contributed by atoms with E-state index < -0.39 is 41.4 Å². The lowest BCUT2D eigenvalue weighted by Crippen LogP contribution is -2.28. The summed E-state index contributed by atoms with van der Waals surface area (Å²) in [5.41, 5.74) is 18.0. The third kappa shape index (κ3) is 17.5. The van der Waals surface area contributed by atoms with E-state index in [0.717, 1.165) is 62.3 Å². The number of aryl methyl sites for hydroxylation is 3. The Labute approximate surface area is 732 Å².